The summed E-state index contributed by atoms with van der Waals surface area (Å²) in [5.41, 5.74) is 0.903. The van der Waals surface area contributed by atoms with Crippen molar-refractivity contribution in [2.75, 3.05) is 30.9 Å². The van der Waals surface area contributed by atoms with Crippen LogP contribution >= 0.6 is 23.5 Å². The van der Waals surface area contributed by atoms with Crippen LogP contribution in [-0.2, 0) is 6.54 Å². The van der Waals surface area contributed by atoms with E-state index in [1.54, 1.807) is 12.1 Å². The van der Waals surface area contributed by atoms with Crippen LogP contribution in [0.4, 0.5) is 8.78 Å². The van der Waals surface area contributed by atoms with Crippen molar-refractivity contribution in [2.24, 2.45) is 0 Å². The maximum atomic E-state index is 12.4. The minimum absolute atomic E-state index is 0.0781. The van der Waals surface area contributed by atoms with E-state index in [0.29, 0.717) is 17.5 Å². The van der Waals surface area contributed by atoms with E-state index in [0.717, 1.165) is 12.1 Å². The molecule has 1 aliphatic heterocycles. The zero-order valence-corrected chi connectivity index (χ0v) is 13.4. The van der Waals surface area contributed by atoms with Gasteiger partial charge in [0, 0.05) is 35.6 Å². The Balaban J connectivity index is 1.87. The Hall–Kier alpha value is -0.660. The molecule has 0 aliphatic carbocycles. The lowest BCUT2D eigenvalue weighted by Crippen LogP contribution is -2.28. The van der Waals surface area contributed by atoms with Crippen molar-refractivity contribution in [3.8, 4) is 11.5 Å². The molecule has 0 spiro atoms. The molecule has 1 aromatic rings. The fourth-order valence-electron chi connectivity index (χ4n) is 2.05. The molecule has 0 bridgehead atoms. The number of ether oxygens (including phenoxy) is 2. The molecule has 0 saturated carbocycles. The lowest BCUT2D eigenvalue weighted by molar-refractivity contribution is -0.0512. The van der Waals surface area contributed by atoms with E-state index >= 15 is 0 Å². The molecule has 0 radical (unpaired) electrons. The second-order valence-corrected chi connectivity index (χ2v) is 7.12. The number of rotatable bonds is 7. The lowest BCUT2D eigenvalue weighted by atomic mass is 10.2. The van der Waals surface area contributed by atoms with E-state index in [9.17, 15) is 8.78 Å². The fourth-order valence-corrected chi connectivity index (χ4v) is 4.70. The number of nitrogens with one attached hydrogen (secondary N) is 1. The van der Waals surface area contributed by atoms with Gasteiger partial charge in [-0.25, -0.2) is 0 Å². The number of hydrogen-bond acceptors (Lipinski definition) is 5. The zero-order chi connectivity index (χ0) is 15.1. The predicted octanol–water partition coefficient (Wildman–Crippen LogP) is 3.23. The second kappa shape index (κ2) is 8.70. The van der Waals surface area contributed by atoms with Gasteiger partial charge in [-0.05, 0) is 17.7 Å². The topological polar surface area (TPSA) is 30.5 Å². The van der Waals surface area contributed by atoms with Crippen LogP contribution in [0.1, 0.15) is 5.56 Å². The standard InChI is InChI=1S/C14H19F2NO2S2/c1-18-12-3-2-10(6-13(12)19-14(15)16)7-17-8-11-9-20-4-5-21-11/h2-3,6,11,14,17H,4-5,7-9H2,1H3. The number of hydrogen-bond donors (Lipinski definition) is 1. The number of benzene rings is 1. The van der Waals surface area contributed by atoms with Crippen molar-refractivity contribution in [3.63, 3.8) is 0 Å². The summed E-state index contributed by atoms with van der Waals surface area (Å²) < 4.78 is 34.2. The molecule has 1 N–H and O–H groups in total. The molecule has 3 nitrogen and oxygen atoms in total. The van der Waals surface area contributed by atoms with Gasteiger partial charge in [-0.2, -0.15) is 32.3 Å². The SMILES string of the molecule is COc1ccc(CNCC2CSCCS2)cc1OC(F)F. The van der Waals surface area contributed by atoms with Crippen molar-refractivity contribution in [1.29, 1.82) is 0 Å². The first-order valence-electron chi connectivity index (χ1n) is 6.71. The zero-order valence-electron chi connectivity index (χ0n) is 11.8. The van der Waals surface area contributed by atoms with Crippen LogP contribution in [0, 0.1) is 0 Å². The molecule has 7 heteroatoms. The van der Waals surface area contributed by atoms with Crippen molar-refractivity contribution in [3.05, 3.63) is 23.8 Å². The molecule has 2 rings (SSSR count). The quantitative estimate of drug-likeness (QED) is 0.827. The third-order valence-electron chi connectivity index (χ3n) is 3.03. The summed E-state index contributed by atoms with van der Waals surface area (Å²) >= 11 is 3.97. The summed E-state index contributed by atoms with van der Waals surface area (Å²) in [6, 6.07) is 5.10. The fraction of sp³-hybridized carbons (Fsp3) is 0.571. The monoisotopic (exact) mass is 335 g/mol. The van der Waals surface area contributed by atoms with Crippen LogP contribution in [0.25, 0.3) is 0 Å². The highest BCUT2D eigenvalue weighted by Gasteiger charge is 2.14. The molecule has 118 valence electrons. The van der Waals surface area contributed by atoms with Gasteiger partial charge in [-0.15, -0.1) is 0 Å². The van der Waals surface area contributed by atoms with Crippen molar-refractivity contribution < 1.29 is 18.3 Å². The predicted molar refractivity (Wildman–Crippen MR) is 84.9 cm³/mol. The third-order valence-corrected chi connectivity index (χ3v) is 5.88. The van der Waals surface area contributed by atoms with Crippen molar-refractivity contribution >= 4 is 23.5 Å². The molecule has 21 heavy (non-hydrogen) atoms. The summed E-state index contributed by atoms with van der Waals surface area (Å²) in [6.45, 7) is -1.29. The lowest BCUT2D eigenvalue weighted by Gasteiger charge is -2.21. The van der Waals surface area contributed by atoms with Crippen LogP contribution in [0.5, 0.6) is 11.5 Å². The maximum Gasteiger partial charge on any atom is 0.387 e. The first-order valence-corrected chi connectivity index (χ1v) is 8.91. The Morgan fingerprint density at radius 3 is 2.86 bits per heavy atom. The molecule has 0 amide bonds. The Morgan fingerprint density at radius 2 is 2.19 bits per heavy atom. The minimum atomic E-state index is -2.85. The highest BCUT2D eigenvalue weighted by atomic mass is 32.2. The Bertz CT molecular complexity index is 443. The molecule has 1 aromatic carbocycles. The molecular weight excluding hydrogens is 316 g/mol. The van der Waals surface area contributed by atoms with Crippen LogP contribution in [0.15, 0.2) is 18.2 Å². The molecule has 1 aliphatic rings. The van der Waals surface area contributed by atoms with Crippen LogP contribution in [0.3, 0.4) is 0 Å². The largest absolute Gasteiger partial charge is 0.493 e. The molecule has 1 saturated heterocycles. The Morgan fingerprint density at radius 1 is 1.33 bits per heavy atom. The van der Waals surface area contributed by atoms with E-state index in [-0.39, 0.29) is 5.75 Å². The number of alkyl halides is 2. The Labute approximate surface area is 132 Å². The van der Waals surface area contributed by atoms with Crippen LogP contribution < -0.4 is 14.8 Å². The average Bonchev–Trinajstić information content (AvgIpc) is 2.48. The van der Waals surface area contributed by atoms with Crippen molar-refractivity contribution in [1.82, 2.24) is 5.32 Å². The van der Waals surface area contributed by atoms with Gasteiger partial charge in [0.25, 0.3) is 0 Å². The number of methoxy groups -OCH3 is 1. The molecule has 1 heterocycles. The molecule has 1 fully saturated rings. The van der Waals surface area contributed by atoms with Gasteiger partial charge in [-0.3, -0.25) is 0 Å². The smallest absolute Gasteiger partial charge is 0.387 e. The van der Waals surface area contributed by atoms with Gasteiger partial charge in [0.15, 0.2) is 11.5 Å². The van der Waals surface area contributed by atoms with E-state index in [1.807, 2.05) is 29.6 Å². The first-order chi connectivity index (χ1) is 10.2. The highest BCUT2D eigenvalue weighted by Crippen LogP contribution is 2.29. The first kappa shape index (κ1) is 16.7. The third kappa shape index (κ3) is 5.56. The van der Waals surface area contributed by atoms with Gasteiger partial charge in [0.1, 0.15) is 0 Å². The highest BCUT2D eigenvalue weighted by molar-refractivity contribution is 8.06. The molecule has 1 atom stereocenters. The number of halogens is 2. The summed E-state index contributed by atoms with van der Waals surface area (Å²) in [5, 5.41) is 4.00. The van der Waals surface area contributed by atoms with Gasteiger partial charge in [0.05, 0.1) is 7.11 Å². The molecule has 0 aromatic heterocycles. The minimum Gasteiger partial charge on any atom is -0.493 e. The maximum absolute atomic E-state index is 12.4. The summed E-state index contributed by atoms with van der Waals surface area (Å²) in [4.78, 5) is 0. The molecular formula is C14H19F2NO2S2. The summed E-state index contributed by atoms with van der Waals surface area (Å²) in [6.07, 6.45) is 0. The number of thioether (sulfide) groups is 2. The van der Waals surface area contributed by atoms with E-state index in [2.05, 4.69) is 10.1 Å². The van der Waals surface area contributed by atoms with Gasteiger partial charge < -0.3 is 14.8 Å². The second-order valence-electron chi connectivity index (χ2n) is 4.56. The van der Waals surface area contributed by atoms with Crippen LogP contribution in [-0.4, -0.2) is 42.8 Å². The van der Waals surface area contributed by atoms with Gasteiger partial charge in [-0.1, -0.05) is 6.07 Å². The van der Waals surface area contributed by atoms with Crippen molar-refractivity contribution in [2.45, 2.75) is 18.4 Å². The van der Waals surface area contributed by atoms with Crippen LogP contribution in [0.2, 0.25) is 0 Å². The molecule has 1 unspecified atom stereocenters. The van der Waals surface area contributed by atoms with Gasteiger partial charge >= 0.3 is 6.61 Å². The Kier molecular flexibility index (Phi) is 6.92. The normalized spacial score (nSPS) is 18.8. The average molecular weight is 335 g/mol. The summed E-state index contributed by atoms with van der Waals surface area (Å²) in [5.74, 6) is 3.99. The van der Waals surface area contributed by atoms with Gasteiger partial charge in [0.2, 0.25) is 0 Å². The van der Waals surface area contributed by atoms with E-state index in [4.69, 9.17) is 4.74 Å². The van der Waals surface area contributed by atoms with E-state index in [1.165, 1.54) is 24.4 Å². The van der Waals surface area contributed by atoms with E-state index < -0.39 is 6.61 Å². The summed E-state index contributed by atoms with van der Waals surface area (Å²) in [7, 11) is 1.43.